The molecule has 1 N–H and O–H groups in total. The first kappa shape index (κ1) is 16.4. The molecule has 0 saturated carbocycles. The number of aromatic nitrogens is 3. The van der Waals surface area contributed by atoms with Crippen molar-refractivity contribution in [1.82, 2.24) is 14.7 Å². The van der Waals surface area contributed by atoms with Gasteiger partial charge in [-0.05, 0) is 37.3 Å². The Kier molecular flexibility index (Phi) is 3.58. The summed E-state index contributed by atoms with van der Waals surface area (Å²) in [5.74, 6) is 1.30. The van der Waals surface area contributed by atoms with Crippen molar-refractivity contribution in [2.75, 3.05) is 6.79 Å². The van der Waals surface area contributed by atoms with Gasteiger partial charge in [0.1, 0.15) is 11.3 Å². The van der Waals surface area contributed by atoms with E-state index in [-0.39, 0.29) is 35.4 Å². The molecule has 0 radical (unpaired) electrons. The number of pyridine rings is 1. The van der Waals surface area contributed by atoms with Crippen LogP contribution in [0.1, 0.15) is 6.92 Å². The predicted octanol–water partition coefficient (Wildman–Crippen LogP) is 3.17. The van der Waals surface area contributed by atoms with E-state index in [2.05, 4.69) is 10.1 Å². The van der Waals surface area contributed by atoms with E-state index in [4.69, 9.17) is 14.0 Å². The van der Waals surface area contributed by atoms with Crippen molar-refractivity contribution < 1.29 is 19.1 Å². The van der Waals surface area contributed by atoms with Crippen LogP contribution >= 0.6 is 0 Å². The summed E-state index contributed by atoms with van der Waals surface area (Å²) in [6.45, 7) is 2.47. The Labute approximate surface area is 158 Å². The molecular formula is C20H15N3O5. The molecular weight excluding hydrogens is 362 g/mol. The van der Waals surface area contributed by atoms with E-state index in [0.29, 0.717) is 34.5 Å². The SMILES string of the molecule is CCn1c(=O)c(-c2nc(-c3ccc4c(c3)OCO4)no2)c(O)c2ccccc21. The minimum atomic E-state index is -0.389. The number of rotatable bonds is 3. The normalized spacial score (nSPS) is 12.6. The van der Waals surface area contributed by atoms with Gasteiger partial charge in [-0.25, -0.2) is 0 Å². The summed E-state index contributed by atoms with van der Waals surface area (Å²) in [6.07, 6.45) is 0. The number of aromatic hydroxyl groups is 1. The number of para-hydroxylation sites is 1. The second-order valence-electron chi connectivity index (χ2n) is 6.28. The molecule has 28 heavy (non-hydrogen) atoms. The molecule has 0 fully saturated rings. The number of aryl methyl sites for hydroxylation is 1. The zero-order chi connectivity index (χ0) is 19.3. The fraction of sp³-hybridized carbons (Fsp3) is 0.150. The maximum absolute atomic E-state index is 13.0. The van der Waals surface area contributed by atoms with Gasteiger partial charge in [-0.1, -0.05) is 17.3 Å². The highest BCUT2D eigenvalue weighted by atomic mass is 16.7. The van der Waals surface area contributed by atoms with Crippen molar-refractivity contribution in [3.05, 3.63) is 52.8 Å². The molecule has 1 aliphatic heterocycles. The van der Waals surface area contributed by atoms with Crippen molar-refractivity contribution >= 4 is 10.9 Å². The molecule has 0 atom stereocenters. The highest BCUT2D eigenvalue weighted by Crippen LogP contribution is 2.36. The summed E-state index contributed by atoms with van der Waals surface area (Å²) in [6, 6.07) is 12.4. The van der Waals surface area contributed by atoms with E-state index in [9.17, 15) is 9.90 Å². The Balaban J connectivity index is 1.67. The number of benzene rings is 2. The number of ether oxygens (including phenoxy) is 2. The van der Waals surface area contributed by atoms with Crippen LogP contribution < -0.4 is 15.0 Å². The molecule has 8 heteroatoms. The molecule has 0 bridgehead atoms. The zero-order valence-corrected chi connectivity index (χ0v) is 14.9. The van der Waals surface area contributed by atoms with Crippen LogP contribution in [0, 0.1) is 0 Å². The van der Waals surface area contributed by atoms with Crippen LogP contribution in [0.25, 0.3) is 33.7 Å². The predicted molar refractivity (Wildman–Crippen MR) is 100 cm³/mol. The Hall–Kier alpha value is -3.81. The standard InChI is InChI=1S/C20H15N3O5/c1-2-23-13-6-4-3-5-12(13)17(24)16(20(23)25)19-21-18(22-28-19)11-7-8-14-15(9-11)27-10-26-14/h3-9,24H,2,10H2,1H3. The van der Waals surface area contributed by atoms with Crippen LogP contribution in [0.2, 0.25) is 0 Å². The second-order valence-corrected chi connectivity index (χ2v) is 6.28. The number of nitrogens with zero attached hydrogens (tertiary/aromatic N) is 3. The Morgan fingerprint density at radius 1 is 1.14 bits per heavy atom. The van der Waals surface area contributed by atoms with Gasteiger partial charge in [0.15, 0.2) is 11.5 Å². The lowest BCUT2D eigenvalue weighted by molar-refractivity contribution is 0.174. The van der Waals surface area contributed by atoms with E-state index < -0.39 is 0 Å². The molecule has 2 aromatic heterocycles. The third-order valence-corrected chi connectivity index (χ3v) is 4.73. The van der Waals surface area contributed by atoms with E-state index in [0.717, 1.165) is 0 Å². The fourth-order valence-corrected chi connectivity index (χ4v) is 3.37. The van der Waals surface area contributed by atoms with Crippen molar-refractivity contribution in [3.63, 3.8) is 0 Å². The summed E-state index contributed by atoms with van der Waals surface area (Å²) >= 11 is 0. The van der Waals surface area contributed by atoms with E-state index in [1.54, 1.807) is 41.0 Å². The topological polar surface area (TPSA) is 99.6 Å². The summed E-state index contributed by atoms with van der Waals surface area (Å²) in [5.41, 5.74) is 0.890. The van der Waals surface area contributed by atoms with Gasteiger partial charge < -0.3 is 23.7 Å². The minimum Gasteiger partial charge on any atom is -0.506 e. The molecule has 2 aromatic carbocycles. The molecule has 8 nitrogen and oxygen atoms in total. The molecule has 0 saturated heterocycles. The maximum atomic E-state index is 13.0. The number of hydrogen-bond acceptors (Lipinski definition) is 7. The summed E-state index contributed by atoms with van der Waals surface area (Å²) in [7, 11) is 0. The first-order valence-corrected chi connectivity index (χ1v) is 8.76. The monoisotopic (exact) mass is 377 g/mol. The summed E-state index contributed by atoms with van der Waals surface area (Å²) < 4.78 is 17.6. The second kappa shape index (κ2) is 6.12. The molecule has 0 spiro atoms. The molecule has 0 amide bonds. The third-order valence-electron chi connectivity index (χ3n) is 4.73. The zero-order valence-electron chi connectivity index (χ0n) is 14.9. The van der Waals surface area contributed by atoms with Gasteiger partial charge in [-0.2, -0.15) is 4.98 Å². The van der Waals surface area contributed by atoms with Crippen LogP contribution in [-0.2, 0) is 6.54 Å². The quantitative estimate of drug-likeness (QED) is 0.585. The molecule has 5 rings (SSSR count). The van der Waals surface area contributed by atoms with Gasteiger partial charge in [0, 0.05) is 17.5 Å². The smallest absolute Gasteiger partial charge is 0.267 e. The van der Waals surface area contributed by atoms with E-state index in [1.165, 1.54) is 0 Å². The van der Waals surface area contributed by atoms with Gasteiger partial charge >= 0.3 is 0 Å². The van der Waals surface area contributed by atoms with Crippen molar-refractivity contribution in [3.8, 4) is 40.1 Å². The van der Waals surface area contributed by atoms with Gasteiger partial charge in [0.2, 0.25) is 12.6 Å². The Morgan fingerprint density at radius 3 is 2.82 bits per heavy atom. The van der Waals surface area contributed by atoms with Crippen molar-refractivity contribution in [2.45, 2.75) is 13.5 Å². The average molecular weight is 377 g/mol. The minimum absolute atomic E-state index is 0.0138. The molecule has 0 unspecified atom stereocenters. The Morgan fingerprint density at radius 2 is 1.96 bits per heavy atom. The third kappa shape index (κ3) is 2.34. The molecule has 0 aliphatic carbocycles. The average Bonchev–Trinajstić information content (AvgIpc) is 3.37. The maximum Gasteiger partial charge on any atom is 0.267 e. The lowest BCUT2D eigenvalue weighted by Crippen LogP contribution is -2.21. The van der Waals surface area contributed by atoms with Crippen LogP contribution in [0.3, 0.4) is 0 Å². The summed E-state index contributed by atoms with van der Waals surface area (Å²) in [5, 5.41) is 15.2. The highest BCUT2D eigenvalue weighted by Gasteiger charge is 2.23. The molecule has 1 aliphatic rings. The van der Waals surface area contributed by atoms with Crippen molar-refractivity contribution in [1.29, 1.82) is 0 Å². The Bertz CT molecular complexity index is 1270. The van der Waals surface area contributed by atoms with Crippen LogP contribution in [-0.4, -0.2) is 26.6 Å². The first-order valence-electron chi connectivity index (χ1n) is 8.76. The van der Waals surface area contributed by atoms with Gasteiger partial charge in [0.25, 0.3) is 11.4 Å². The lowest BCUT2D eigenvalue weighted by atomic mass is 10.1. The van der Waals surface area contributed by atoms with Crippen LogP contribution in [0.15, 0.2) is 51.8 Å². The first-order chi connectivity index (χ1) is 13.7. The van der Waals surface area contributed by atoms with E-state index in [1.807, 2.05) is 13.0 Å². The fourth-order valence-electron chi connectivity index (χ4n) is 3.37. The largest absolute Gasteiger partial charge is 0.506 e. The van der Waals surface area contributed by atoms with Gasteiger partial charge in [0.05, 0.1) is 5.52 Å². The van der Waals surface area contributed by atoms with Gasteiger partial charge in [-0.3, -0.25) is 4.79 Å². The highest BCUT2D eigenvalue weighted by molar-refractivity contribution is 5.91. The molecule has 3 heterocycles. The van der Waals surface area contributed by atoms with Gasteiger partial charge in [-0.15, -0.1) is 0 Å². The molecule has 140 valence electrons. The van der Waals surface area contributed by atoms with Crippen molar-refractivity contribution in [2.24, 2.45) is 0 Å². The molecule has 4 aromatic rings. The number of hydrogen-bond donors (Lipinski definition) is 1. The van der Waals surface area contributed by atoms with Crippen LogP contribution in [0.4, 0.5) is 0 Å². The number of fused-ring (bicyclic) bond motifs is 2. The lowest BCUT2D eigenvalue weighted by Gasteiger charge is -2.11. The summed E-state index contributed by atoms with van der Waals surface area (Å²) in [4.78, 5) is 17.3. The van der Waals surface area contributed by atoms with E-state index >= 15 is 0 Å². The van der Waals surface area contributed by atoms with Crippen LogP contribution in [0.5, 0.6) is 17.2 Å².